The monoisotopic (exact) mass is 403 g/mol. The van der Waals surface area contributed by atoms with Crippen LogP contribution in [0.25, 0.3) is 5.65 Å². The van der Waals surface area contributed by atoms with Crippen LogP contribution in [-0.2, 0) is 21.4 Å². The molecule has 2 heterocycles. The Kier molecular flexibility index (Phi) is 5.16. The number of esters is 1. The normalized spacial score (nSPS) is 11.4. The Morgan fingerprint density at radius 2 is 2.00 bits per heavy atom. The zero-order chi connectivity index (χ0) is 20.5. The number of ether oxygens (including phenoxy) is 2. The first-order valence-corrected chi connectivity index (χ1v) is 9.61. The van der Waals surface area contributed by atoms with Gasteiger partial charge in [-0.15, -0.1) is 0 Å². The van der Waals surface area contributed by atoms with Crippen molar-refractivity contribution < 1.29 is 22.7 Å². The number of benzene rings is 1. The Balaban J connectivity index is 1.90. The number of methoxy groups -OCH3 is 1. The lowest BCUT2D eigenvalue weighted by Gasteiger charge is -2.10. The number of primary sulfonamides is 1. The maximum atomic E-state index is 12.4. The van der Waals surface area contributed by atoms with Crippen molar-refractivity contribution in [1.82, 2.24) is 9.38 Å². The number of hydrogen-bond donors (Lipinski definition) is 1. The quantitative estimate of drug-likeness (QED) is 0.629. The first kappa shape index (κ1) is 19.5. The van der Waals surface area contributed by atoms with E-state index in [1.54, 1.807) is 25.3 Å². The van der Waals surface area contributed by atoms with Crippen LogP contribution in [0.2, 0.25) is 0 Å². The van der Waals surface area contributed by atoms with Crippen molar-refractivity contribution in [2.45, 2.75) is 18.4 Å². The molecule has 0 saturated heterocycles. The van der Waals surface area contributed by atoms with Gasteiger partial charge in [0.25, 0.3) is 5.56 Å². The lowest BCUT2D eigenvalue weighted by Crippen LogP contribution is -2.17. The Morgan fingerprint density at radius 3 is 2.68 bits per heavy atom. The molecule has 0 aliphatic heterocycles. The van der Waals surface area contributed by atoms with E-state index < -0.39 is 16.0 Å². The molecule has 9 nitrogen and oxygen atoms in total. The van der Waals surface area contributed by atoms with E-state index in [9.17, 15) is 18.0 Å². The molecule has 1 aromatic carbocycles. The number of rotatable bonds is 5. The van der Waals surface area contributed by atoms with E-state index in [2.05, 4.69) is 4.98 Å². The van der Waals surface area contributed by atoms with Gasteiger partial charge in [-0.25, -0.2) is 23.3 Å². The molecule has 28 heavy (non-hydrogen) atoms. The summed E-state index contributed by atoms with van der Waals surface area (Å²) in [6.07, 6.45) is 1.59. The third-order valence-electron chi connectivity index (χ3n) is 4.01. The van der Waals surface area contributed by atoms with Gasteiger partial charge in [0, 0.05) is 12.3 Å². The number of nitrogens with two attached hydrogens (primary N) is 1. The molecule has 0 saturated carbocycles. The van der Waals surface area contributed by atoms with Crippen molar-refractivity contribution in [2.75, 3.05) is 7.11 Å². The SMILES string of the molecule is COc1ccc(S(N)(=O)=O)cc1C(=O)OCc1cc(=O)n2cccc(C)c2n1. The summed E-state index contributed by atoms with van der Waals surface area (Å²) in [5, 5.41) is 5.10. The number of sulfonamides is 1. The topological polar surface area (TPSA) is 130 Å². The van der Waals surface area contributed by atoms with Crippen LogP contribution in [0.1, 0.15) is 21.6 Å². The minimum Gasteiger partial charge on any atom is -0.496 e. The number of pyridine rings is 1. The summed E-state index contributed by atoms with van der Waals surface area (Å²) in [6.45, 7) is 1.53. The van der Waals surface area contributed by atoms with Crippen LogP contribution in [0, 0.1) is 6.92 Å². The maximum Gasteiger partial charge on any atom is 0.342 e. The molecule has 0 atom stereocenters. The van der Waals surface area contributed by atoms with E-state index >= 15 is 0 Å². The predicted octanol–water partition coefficient (Wildman–Crippen LogP) is 1.02. The van der Waals surface area contributed by atoms with Crippen molar-refractivity contribution in [2.24, 2.45) is 5.14 Å². The smallest absolute Gasteiger partial charge is 0.342 e. The lowest BCUT2D eigenvalue weighted by molar-refractivity contribution is 0.0463. The molecule has 2 aromatic heterocycles. The highest BCUT2D eigenvalue weighted by Gasteiger charge is 2.19. The van der Waals surface area contributed by atoms with E-state index in [1.165, 1.54) is 29.7 Å². The number of carbonyl (C=O) groups is 1. The predicted molar refractivity (Wildman–Crippen MR) is 99.7 cm³/mol. The van der Waals surface area contributed by atoms with Crippen LogP contribution in [0.5, 0.6) is 5.75 Å². The molecule has 0 radical (unpaired) electrons. The Bertz CT molecular complexity index is 1230. The summed E-state index contributed by atoms with van der Waals surface area (Å²) < 4.78 is 34.7. The van der Waals surface area contributed by atoms with Crippen LogP contribution in [-0.4, -0.2) is 30.9 Å². The second kappa shape index (κ2) is 7.41. The maximum absolute atomic E-state index is 12.4. The van der Waals surface area contributed by atoms with Crippen LogP contribution >= 0.6 is 0 Å². The molecule has 146 valence electrons. The molecule has 0 aliphatic rings. The van der Waals surface area contributed by atoms with Gasteiger partial charge in [-0.05, 0) is 36.8 Å². The molecular weight excluding hydrogens is 386 g/mol. The largest absolute Gasteiger partial charge is 0.496 e. The minimum absolute atomic E-state index is 0.109. The Labute approximate surface area is 160 Å². The Morgan fingerprint density at radius 1 is 1.25 bits per heavy atom. The summed E-state index contributed by atoms with van der Waals surface area (Å²) in [5.41, 5.74) is 1.08. The van der Waals surface area contributed by atoms with Gasteiger partial charge in [0.05, 0.1) is 17.7 Å². The van der Waals surface area contributed by atoms with Gasteiger partial charge in [0.1, 0.15) is 23.6 Å². The highest BCUT2D eigenvalue weighted by atomic mass is 32.2. The van der Waals surface area contributed by atoms with Crippen molar-refractivity contribution in [3.8, 4) is 5.75 Å². The summed E-state index contributed by atoms with van der Waals surface area (Å²) in [6, 6.07) is 8.40. The van der Waals surface area contributed by atoms with Crippen LogP contribution in [0.4, 0.5) is 0 Å². The molecule has 0 aliphatic carbocycles. The number of aryl methyl sites for hydroxylation is 1. The third kappa shape index (κ3) is 3.87. The molecule has 0 bridgehead atoms. The molecule has 2 N–H and O–H groups in total. The van der Waals surface area contributed by atoms with Gasteiger partial charge >= 0.3 is 5.97 Å². The highest BCUT2D eigenvalue weighted by Crippen LogP contribution is 2.23. The average molecular weight is 403 g/mol. The minimum atomic E-state index is -4.01. The van der Waals surface area contributed by atoms with E-state index in [0.717, 1.165) is 11.6 Å². The average Bonchev–Trinajstić information content (AvgIpc) is 2.65. The molecule has 0 spiro atoms. The number of nitrogens with zero attached hydrogens (tertiary/aromatic N) is 2. The zero-order valence-corrected chi connectivity index (χ0v) is 15.9. The van der Waals surface area contributed by atoms with Gasteiger partial charge in [0.15, 0.2) is 0 Å². The van der Waals surface area contributed by atoms with Gasteiger partial charge < -0.3 is 9.47 Å². The van der Waals surface area contributed by atoms with Crippen molar-refractivity contribution in [1.29, 1.82) is 0 Å². The summed E-state index contributed by atoms with van der Waals surface area (Å²) >= 11 is 0. The molecule has 3 aromatic rings. The summed E-state index contributed by atoms with van der Waals surface area (Å²) in [7, 11) is -2.67. The fourth-order valence-corrected chi connectivity index (χ4v) is 3.16. The van der Waals surface area contributed by atoms with E-state index in [4.69, 9.17) is 14.6 Å². The number of aromatic nitrogens is 2. The van der Waals surface area contributed by atoms with Gasteiger partial charge in [-0.1, -0.05) is 6.07 Å². The molecule has 10 heteroatoms. The zero-order valence-electron chi connectivity index (χ0n) is 15.1. The van der Waals surface area contributed by atoms with Crippen LogP contribution in [0.15, 0.2) is 52.3 Å². The van der Waals surface area contributed by atoms with Gasteiger partial charge in [-0.3, -0.25) is 9.20 Å². The first-order chi connectivity index (χ1) is 13.2. The van der Waals surface area contributed by atoms with Gasteiger partial charge in [0.2, 0.25) is 10.0 Å². The number of fused-ring (bicyclic) bond motifs is 1. The number of carbonyl (C=O) groups excluding carboxylic acids is 1. The lowest BCUT2D eigenvalue weighted by atomic mass is 10.2. The molecule has 0 fully saturated rings. The highest BCUT2D eigenvalue weighted by molar-refractivity contribution is 7.89. The number of hydrogen-bond acceptors (Lipinski definition) is 7. The Hall–Kier alpha value is -3.24. The second-order valence-electron chi connectivity index (χ2n) is 5.95. The molecule has 3 rings (SSSR count). The summed E-state index contributed by atoms with van der Waals surface area (Å²) in [4.78, 5) is 28.7. The second-order valence-corrected chi connectivity index (χ2v) is 7.52. The fourth-order valence-electron chi connectivity index (χ4n) is 2.62. The van der Waals surface area contributed by atoms with Crippen molar-refractivity contribution in [3.05, 3.63) is 69.8 Å². The fraction of sp³-hybridized carbons (Fsp3) is 0.167. The van der Waals surface area contributed by atoms with E-state index in [-0.39, 0.29) is 34.1 Å². The standard InChI is InChI=1S/C18H17N3O6S/c1-11-4-3-7-21-16(22)8-12(20-17(11)21)10-27-18(23)14-9-13(28(19,24)25)5-6-15(14)26-2/h3-9H,10H2,1-2H3,(H2,19,24,25). The summed E-state index contributed by atoms with van der Waals surface area (Å²) in [5.74, 6) is -0.714. The molecular formula is C18H17N3O6S. The van der Waals surface area contributed by atoms with Gasteiger partial charge in [-0.2, -0.15) is 0 Å². The third-order valence-corrected chi connectivity index (χ3v) is 4.92. The van der Waals surface area contributed by atoms with Crippen molar-refractivity contribution in [3.63, 3.8) is 0 Å². The van der Waals surface area contributed by atoms with E-state index in [0.29, 0.717) is 5.65 Å². The van der Waals surface area contributed by atoms with Crippen LogP contribution < -0.4 is 15.4 Å². The van der Waals surface area contributed by atoms with Crippen molar-refractivity contribution >= 4 is 21.6 Å². The first-order valence-electron chi connectivity index (χ1n) is 8.06. The van der Waals surface area contributed by atoms with E-state index in [1.807, 2.05) is 0 Å². The molecule has 0 unspecified atom stereocenters. The molecule has 0 amide bonds. The van der Waals surface area contributed by atoms with Crippen LogP contribution in [0.3, 0.4) is 0 Å².